The van der Waals surface area contributed by atoms with Gasteiger partial charge < -0.3 is 15.0 Å². The molecule has 0 fully saturated rings. The molecule has 0 saturated carbocycles. The Balaban J connectivity index is 1.80. The van der Waals surface area contributed by atoms with E-state index in [0.717, 1.165) is 9.87 Å². The number of para-hydroxylation sites is 1. The average molecular weight is 646 g/mol. The zero-order valence-corrected chi connectivity index (χ0v) is 27.3. The van der Waals surface area contributed by atoms with Gasteiger partial charge in [-0.05, 0) is 75.7 Å². The summed E-state index contributed by atoms with van der Waals surface area (Å²) in [5, 5.41) is 2.96. The van der Waals surface area contributed by atoms with Gasteiger partial charge in [0, 0.05) is 24.1 Å². The Morgan fingerprint density at radius 3 is 2.02 bits per heavy atom. The highest BCUT2D eigenvalue weighted by Crippen LogP contribution is 2.26. The Morgan fingerprint density at radius 2 is 1.43 bits per heavy atom. The van der Waals surface area contributed by atoms with Crippen molar-refractivity contribution in [2.24, 2.45) is 0 Å². The van der Waals surface area contributed by atoms with Crippen molar-refractivity contribution in [3.8, 4) is 5.75 Å². The molecular weight excluding hydrogens is 605 g/mol. The van der Waals surface area contributed by atoms with E-state index >= 15 is 4.39 Å². The first kappa shape index (κ1) is 34.2. The van der Waals surface area contributed by atoms with Crippen LogP contribution in [0.25, 0.3) is 0 Å². The Kier molecular flexibility index (Phi) is 11.2. The van der Waals surface area contributed by atoms with Crippen LogP contribution in [0.15, 0.2) is 114 Å². The third-order valence-electron chi connectivity index (χ3n) is 7.11. The van der Waals surface area contributed by atoms with Crippen molar-refractivity contribution in [3.05, 3.63) is 126 Å². The lowest BCUT2D eigenvalue weighted by Crippen LogP contribution is -2.56. The van der Waals surface area contributed by atoms with Gasteiger partial charge in [-0.3, -0.25) is 13.9 Å². The maximum absolute atomic E-state index is 15.0. The van der Waals surface area contributed by atoms with Gasteiger partial charge in [-0.15, -0.1) is 0 Å². The standard InChI is InChI=1S/C36H40FN3O5S/c1-5-45-30-20-22-31(23-21-30)46(43,44)40(29-17-10-7-11-18-29)26-34(41)39(25-28-16-12-13-19-32(28)37)33(35(42)38-36(2,3)4)24-27-14-8-6-9-15-27/h6-23,33H,5,24-26H2,1-4H3,(H,38,42)/t33-/m0/s1. The number of ether oxygens (including phenoxy) is 1. The SMILES string of the molecule is CCOc1ccc(S(=O)(=O)N(CC(=O)N(Cc2ccccc2F)[C@@H](Cc2ccccc2)C(=O)NC(C)(C)C)c2ccccc2)cc1. The Hall–Kier alpha value is -4.70. The summed E-state index contributed by atoms with van der Waals surface area (Å²) in [5.41, 5.74) is 0.600. The van der Waals surface area contributed by atoms with Crippen molar-refractivity contribution in [2.45, 2.75) is 57.1 Å². The van der Waals surface area contributed by atoms with Crippen LogP contribution in [0.2, 0.25) is 0 Å². The molecule has 4 aromatic carbocycles. The largest absolute Gasteiger partial charge is 0.494 e. The molecule has 10 heteroatoms. The van der Waals surface area contributed by atoms with Gasteiger partial charge in [-0.25, -0.2) is 12.8 Å². The molecule has 0 aromatic heterocycles. The summed E-state index contributed by atoms with van der Waals surface area (Å²) in [5.74, 6) is -1.15. The number of halogens is 1. The van der Waals surface area contributed by atoms with Crippen molar-refractivity contribution in [3.63, 3.8) is 0 Å². The van der Waals surface area contributed by atoms with Crippen LogP contribution in [-0.2, 0) is 32.6 Å². The minimum absolute atomic E-state index is 0.0421. The number of nitrogens with zero attached hydrogens (tertiary/aromatic N) is 2. The van der Waals surface area contributed by atoms with Crippen LogP contribution >= 0.6 is 0 Å². The molecule has 1 atom stereocenters. The molecule has 0 heterocycles. The molecular formula is C36H40FN3O5S. The zero-order valence-electron chi connectivity index (χ0n) is 26.5. The molecule has 0 bridgehead atoms. The number of nitrogens with one attached hydrogen (secondary N) is 1. The lowest BCUT2D eigenvalue weighted by molar-refractivity contribution is -0.140. The number of benzene rings is 4. The summed E-state index contributed by atoms with van der Waals surface area (Å²) in [6, 6.07) is 28.4. The molecule has 8 nitrogen and oxygen atoms in total. The number of hydrogen-bond donors (Lipinski definition) is 1. The van der Waals surface area contributed by atoms with E-state index < -0.39 is 45.8 Å². The molecule has 46 heavy (non-hydrogen) atoms. The predicted octanol–water partition coefficient (Wildman–Crippen LogP) is 5.97. The maximum Gasteiger partial charge on any atom is 0.264 e. The summed E-state index contributed by atoms with van der Waals surface area (Å²) in [4.78, 5) is 29.6. The van der Waals surface area contributed by atoms with Crippen molar-refractivity contribution in [1.82, 2.24) is 10.2 Å². The number of carbonyl (C=O) groups excluding carboxylic acids is 2. The lowest BCUT2D eigenvalue weighted by atomic mass is 10.0. The van der Waals surface area contributed by atoms with Gasteiger partial charge in [0.05, 0.1) is 17.2 Å². The molecule has 4 rings (SSSR count). The summed E-state index contributed by atoms with van der Waals surface area (Å²) < 4.78 is 49.8. The Bertz CT molecular complexity index is 1710. The number of sulfonamides is 1. The molecule has 0 saturated heterocycles. The van der Waals surface area contributed by atoms with E-state index in [2.05, 4.69) is 5.32 Å². The quantitative estimate of drug-likeness (QED) is 0.193. The maximum atomic E-state index is 15.0. The van der Waals surface area contributed by atoms with Gasteiger partial charge in [0.15, 0.2) is 0 Å². The third-order valence-corrected chi connectivity index (χ3v) is 8.90. The number of amides is 2. The highest BCUT2D eigenvalue weighted by molar-refractivity contribution is 7.92. The predicted molar refractivity (Wildman–Crippen MR) is 177 cm³/mol. The first-order chi connectivity index (χ1) is 21.9. The lowest BCUT2D eigenvalue weighted by Gasteiger charge is -2.35. The van der Waals surface area contributed by atoms with Crippen LogP contribution in [0.1, 0.15) is 38.8 Å². The highest BCUT2D eigenvalue weighted by Gasteiger charge is 2.36. The second-order valence-electron chi connectivity index (χ2n) is 11.8. The van der Waals surface area contributed by atoms with Crippen LogP contribution in [0, 0.1) is 5.82 Å². The number of anilines is 1. The van der Waals surface area contributed by atoms with E-state index in [1.807, 2.05) is 58.0 Å². The van der Waals surface area contributed by atoms with E-state index in [9.17, 15) is 18.0 Å². The van der Waals surface area contributed by atoms with Gasteiger partial charge in [0.25, 0.3) is 10.0 Å². The van der Waals surface area contributed by atoms with E-state index in [1.165, 1.54) is 23.1 Å². The fourth-order valence-corrected chi connectivity index (χ4v) is 6.36. The summed E-state index contributed by atoms with van der Waals surface area (Å²) in [6.07, 6.45) is 0.125. The van der Waals surface area contributed by atoms with Gasteiger partial charge in [-0.1, -0.05) is 66.7 Å². The summed E-state index contributed by atoms with van der Waals surface area (Å²) in [7, 11) is -4.27. The zero-order chi connectivity index (χ0) is 33.3. The topological polar surface area (TPSA) is 96.0 Å². The molecule has 0 unspecified atom stereocenters. The normalized spacial score (nSPS) is 12.2. The highest BCUT2D eigenvalue weighted by atomic mass is 32.2. The minimum Gasteiger partial charge on any atom is -0.494 e. The fraction of sp³-hybridized carbons (Fsp3) is 0.278. The summed E-state index contributed by atoms with van der Waals surface area (Å²) >= 11 is 0. The minimum atomic E-state index is -4.27. The van der Waals surface area contributed by atoms with E-state index in [1.54, 1.807) is 60.7 Å². The van der Waals surface area contributed by atoms with E-state index in [-0.39, 0.29) is 29.1 Å². The van der Waals surface area contributed by atoms with E-state index in [0.29, 0.717) is 12.4 Å². The molecule has 0 spiro atoms. The van der Waals surface area contributed by atoms with Gasteiger partial charge >= 0.3 is 0 Å². The van der Waals surface area contributed by atoms with E-state index in [4.69, 9.17) is 4.74 Å². The second kappa shape index (κ2) is 15.1. The van der Waals surface area contributed by atoms with Crippen molar-refractivity contribution in [1.29, 1.82) is 0 Å². The molecule has 0 aliphatic heterocycles. The van der Waals surface area contributed by atoms with Crippen LogP contribution in [0.3, 0.4) is 0 Å². The molecule has 242 valence electrons. The average Bonchev–Trinajstić information content (AvgIpc) is 3.02. The molecule has 0 aliphatic rings. The van der Waals surface area contributed by atoms with Crippen molar-refractivity contribution >= 4 is 27.5 Å². The second-order valence-corrected chi connectivity index (χ2v) is 13.7. The van der Waals surface area contributed by atoms with Gasteiger partial charge in [0.2, 0.25) is 11.8 Å². The number of carbonyl (C=O) groups is 2. The number of hydrogen-bond acceptors (Lipinski definition) is 5. The van der Waals surface area contributed by atoms with Crippen LogP contribution in [0.4, 0.5) is 10.1 Å². The van der Waals surface area contributed by atoms with Crippen LogP contribution < -0.4 is 14.4 Å². The molecule has 4 aromatic rings. The van der Waals surface area contributed by atoms with Gasteiger partial charge in [-0.2, -0.15) is 0 Å². The van der Waals surface area contributed by atoms with Crippen molar-refractivity contribution in [2.75, 3.05) is 17.5 Å². The third kappa shape index (κ3) is 8.94. The monoisotopic (exact) mass is 645 g/mol. The van der Waals surface area contributed by atoms with Crippen LogP contribution in [-0.4, -0.2) is 49.9 Å². The smallest absolute Gasteiger partial charge is 0.264 e. The molecule has 0 radical (unpaired) electrons. The first-order valence-electron chi connectivity index (χ1n) is 15.1. The first-order valence-corrected chi connectivity index (χ1v) is 16.5. The fourth-order valence-electron chi connectivity index (χ4n) is 4.94. The molecule has 2 amide bonds. The Morgan fingerprint density at radius 1 is 0.848 bits per heavy atom. The number of rotatable bonds is 13. The summed E-state index contributed by atoms with van der Waals surface area (Å²) in [6.45, 7) is 6.83. The Labute approximate surface area is 270 Å². The van der Waals surface area contributed by atoms with Gasteiger partial charge in [0.1, 0.15) is 24.2 Å². The molecule has 1 N–H and O–H groups in total. The van der Waals surface area contributed by atoms with Crippen molar-refractivity contribution < 1.29 is 27.1 Å². The molecule has 0 aliphatic carbocycles. The van der Waals surface area contributed by atoms with Crippen LogP contribution in [0.5, 0.6) is 5.75 Å².